The van der Waals surface area contributed by atoms with Gasteiger partial charge in [-0.15, -0.1) is 0 Å². The molecule has 0 aliphatic rings. The van der Waals surface area contributed by atoms with Crippen LogP contribution in [0.25, 0.3) is 0 Å². The largest absolute Gasteiger partial charge is 0.465 e. The van der Waals surface area contributed by atoms with E-state index in [1.807, 2.05) is 0 Å². The summed E-state index contributed by atoms with van der Waals surface area (Å²) in [5.74, 6) is 0. The van der Waals surface area contributed by atoms with Crippen LogP contribution in [0.3, 0.4) is 0 Å². The normalized spacial score (nSPS) is 12.8. The molecular formula is C14H20N2O5. The lowest BCUT2D eigenvalue weighted by Crippen LogP contribution is -2.53. The molecule has 0 aliphatic heterocycles. The predicted molar refractivity (Wildman–Crippen MR) is 77.3 cm³/mol. The molecule has 0 bridgehead atoms. The van der Waals surface area contributed by atoms with Crippen LogP contribution in [-0.2, 0) is 6.42 Å². The average molecular weight is 296 g/mol. The summed E-state index contributed by atoms with van der Waals surface area (Å²) in [5, 5.41) is 29.4. The molecule has 0 fully saturated rings. The molecule has 1 aromatic rings. The van der Waals surface area contributed by atoms with Crippen molar-refractivity contribution in [2.75, 3.05) is 6.61 Å². The van der Waals surface area contributed by atoms with Gasteiger partial charge in [0, 0.05) is 17.7 Å². The minimum Gasteiger partial charge on any atom is -0.465 e. The quantitative estimate of drug-likeness (QED) is 0.640. The van der Waals surface area contributed by atoms with Gasteiger partial charge in [-0.1, -0.05) is 12.1 Å². The Hall–Kier alpha value is -2.15. The molecule has 0 unspecified atom stereocenters. The molecule has 1 rings (SSSR count). The fraction of sp³-hybridized carbons (Fsp3) is 0.500. The first-order valence-electron chi connectivity index (χ1n) is 6.53. The zero-order valence-electron chi connectivity index (χ0n) is 12.3. The van der Waals surface area contributed by atoms with Crippen molar-refractivity contribution in [2.45, 2.75) is 38.8 Å². The number of nitro groups is 1. The molecule has 7 nitrogen and oxygen atoms in total. The fourth-order valence-electron chi connectivity index (χ4n) is 2.25. The molecule has 0 aromatic heterocycles. The van der Waals surface area contributed by atoms with Crippen LogP contribution in [0.4, 0.5) is 10.5 Å². The molecule has 0 heterocycles. The van der Waals surface area contributed by atoms with E-state index in [1.54, 1.807) is 32.9 Å². The molecule has 1 amide bonds. The number of rotatable bonds is 5. The summed E-state index contributed by atoms with van der Waals surface area (Å²) in [6.45, 7) is 4.93. The van der Waals surface area contributed by atoms with E-state index < -0.39 is 22.6 Å². The summed E-state index contributed by atoms with van der Waals surface area (Å²) < 4.78 is 0. The van der Waals surface area contributed by atoms with Gasteiger partial charge in [-0.05, 0) is 32.8 Å². The molecule has 0 spiro atoms. The Bertz CT molecular complexity index is 507. The number of nitro benzene ring substituents is 1. The van der Waals surface area contributed by atoms with Crippen LogP contribution in [0.15, 0.2) is 24.3 Å². The number of carboxylic acid groups (broad SMARTS) is 1. The van der Waals surface area contributed by atoms with E-state index in [0.29, 0.717) is 0 Å². The Morgan fingerprint density at radius 3 is 2.19 bits per heavy atom. The number of carbonyl (C=O) groups is 1. The topological polar surface area (TPSA) is 104 Å². The first kappa shape index (κ1) is 16.9. The Kier molecular flexibility index (Phi) is 5.26. The van der Waals surface area contributed by atoms with E-state index in [9.17, 15) is 25.1 Å². The molecule has 1 aromatic carbocycles. The molecule has 2 N–H and O–H groups in total. The third-order valence-corrected chi connectivity index (χ3v) is 3.12. The number of aliphatic hydroxyl groups is 1. The van der Waals surface area contributed by atoms with Crippen LogP contribution < -0.4 is 0 Å². The maximum absolute atomic E-state index is 11.4. The van der Waals surface area contributed by atoms with Gasteiger partial charge in [0.05, 0.1) is 17.6 Å². The third-order valence-electron chi connectivity index (χ3n) is 3.12. The molecule has 0 saturated heterocycles. The van der Waals surface area contributed by atoms with Crippen LogP contribution in [0.1, 0.15) is 26.3 Å². The van der Waals surface area contributed by atoms with Gasteiger partial charge in [0.2, 0.25) is 0 Å². The average Bonchev–Trinajstić information content (AvgIpc) is 2.36. The van der Waals surface area contributed by atoms with Crippen molar-refractivity contribution in [1.29, 1.82) is 0 Å². The second-order valence-electron chi connectivity index (χ2n) is 5.79. The number of nitrogens with zero attached hydrogens (tertiary/aromatic N) is 2. The zero-order chi connectivity index (χ0) is 16.2. The molecule has 7 heteroatoms. The Morgan fingerprint density at radius 1 is 1.33 bits per heavy atom. The second-order valence-corrected chi connectivity index (χ2v) is 5.79. The lowest BCUT2D eigenvalue weighted by molar-refractivity contribution is -0.384. The molecule has 0 radical (unpaired) electrons. The number of amides is 1. The van der Waals surface area contributed by atoms with Crippen molar-refractivity contribution in [3.05, 3.63) is 39.9 Å². The molecule has 0 aliphatic carbocycles. The summed E-state index contributed by atoms with van der Waals surface area (Å²) in [4.78, 5) is 22.7. The smallest absolute Gasteiger partial charge is 0.408 e. The van der Waals surface area contributed by atoms with E-state index in [4.69, 9.17) is 0 Å². The van der Waals surface area contributed by atoms with Crippen molar-refractivity contribution >= 4 is 11.8 Å². The molecule has 116 valence electrons. The van der Waals surface area contributed by atoms with Gasteiger partial charge in [0.1, 0.15) is 0 Å². The van der Waals surface area contributed by atoms with E-state index >= 15 is 0 Å². The number of benzene rings is 1. The van der Waals surface area contributed by atoms with Gasteiger partial charge in [-0.2, -0.15) is 0 Å². The van der Waals surface area contributed by atoms with Crippen LogP contribution in [0.5, 0.6) is 0 Å². The first-order valence-corrected chi connectivity index (χ1v) is 6.53. The van der Waals surface area contributed by atoms with Gasteiger partial charge >= 0.3 is 6.09 Å². The highest BCUT2D eigenvalue weighted by molar-refractivity contribution is 5.66. The lowest BCUT2D eigenvalue weighted by Gasteiger charge is -2.39. The van der Waals surface area contributed by atoms with Crippen molar-refractivity contribution in [1.82, 2.24) is 4.90 Å². The summed E-state index contributed by atoms with van der Waals surface area (Å²) in [6, 6.07) is 5.27. The van der Waals surface area contributed by atoms with E-state index in [2.05, 4.69) is 0 Å². The van der Waals surface area contributed by atoms with Crippen LogP contribution in [0.2, 0.25) is 0 Å². The minimum atomic E-state index is -1.11. The maximum Gasteiger partial charge on any atom is 0.408 e. The first-order chi connectivity index (χ1) is 9.66. The summed E-state index contributed by atoms with van der Waals surface area (Å²) in [7, 11) is 0. The standard InChI is InChI=1S/C14H20N2O5/c1-14(2,3)15(13(18)19)12(9-17)8-10-4-6-11(7-5-10)16(20)21/h4-7,12,17H,8-9H2,1-3H3,(H,18,19)/t12-/m0/s1. The van der Waals surface area contributed by atoms with Crippen molar-refractivity contribution in [3.8, 4) is 0 Å². The SMILES string of the molecule is CC(C)(C)N(C(=O)O)[C@H](CO)Cc1ccc([N+](=O)[O-])cc1. The van der Waals surface area contributed by atoms with Gasteiger partial charge in [-0.3, -0.25) is 15.0 Å². The van der Waals surface area contributed by atoms with Crippen LogP contribution >= 0.6 is 0 Å². The Labute approximate surface area is 123 Å². The van der Waals surface area contributed by atoms with Crippen molar-refractivity contribution in [3.63, 3.8) is 0 Å². The Balaban J connectivity index is 2.95. The zero-order valence-corrected chi connectivity index (χ0v) is 12.3. The highest BCUT2D eigenvalue weighted by Crippen LogP contribution is 2.21. The van der Waals surface area contributed by atoms with Gasteiger partial charge in [0.15, 0.2) is 0 Å². The van der Waals surface area contributed by atoms with Gasteiger partial charge in [-0.25, -0.2) is 4.79 Å². The van der Waals surface area contributed by atoms with E-state index in [-0.39, 0.29) is 18.7 Å². The lowest BCUT2D eigenvalue weighted by atomic mass is 9.99. The fourth-order valence-corrected chi connectivity index (χ4v) is 2.25. The van der Waals surface area contributed by atoms with Crippen LogP contribution in [0, 0.1) is 10.1 Å². The summed E-state index contributed by atoms with van der Waals surface area (Å²) in [6.07, 6.45) is -0.818. The third kappa shape index (κ3) is 4.42. The summed E-state index contributed by atoms with van der Waals surface area (Å²) >= 11 is 0. The van der Waals surface area contributed by atoms with Gasteiger partial charge in [0.25, 0.3) is 5.69 Å². The minimum absolute atomic E-state index is 0.0230. The van der Waals surface area contributed by atoms with Crippen molar-refractivity contribution in [2.24, 2.45) is 0 Å². The number of aliphatic hydroxyl groups excluding tert-OH is 1. The monoisotopic (exact) mass is 296 g/mol. The molecule has 0 saturated carbocycles. The summed E-state index contributed by atoms with van der Waals surface area (Å²) in [5.41, 5.74) is 0.0559. The van der Waals surface area contributed by atoms with Gasteiger partial charge < -0.3 is 10.2 Å². The highest BCUT2D eigenvalue weighted by atomic mass is 16.6. The van der Waals surface area contributed by atoms with Crippen LogP contribution in [-0.4, -0.2) is 44.3 Å². The van der Waals surface area contributed by atoms with Crippen molar-refractivity contribution < 1.29 is 19.9 Å². The van der Waals surface area contributed by atoms with E-state index in [1.165, 1.54) is 17.0 Å². The molecular weight excluding hydrogens is 276 g/mol. The predicted octanol–water partition coefficient (Wildman–Crippen LogP) is 2.28. The Morgan fingerprint density at radius 2 is 1.86 bits per heavy atom. The molecule has 21 heavy (non-hydrogen) atoms. The number of hydrogen-bond donors (Lipinski definition) is 2. The molecule has 1 atom stereocenters. The second kappa shape index (κ2) is 6.53. The van der Waals surface area contributed by atoms with E-state index in [0.717, 1.165) is 5.56 Å². The highest BCUT2D eigenvalue weighted by Gasteiger charge is 2.32. The maximum atomic E-state index is 11.4. The number of hydrogen-bond acceptors (Lipinski definition) is 4. The number of non-ortho nitro benzene ring substituents is 1.